The van der Waals surface area contributed by atoms with E-state index in [0.29, 0.717) is 19.4 Å². The molecule has 0 aromatic heterocycles. The van der Waals surface area contributed by atoms with Gasteiger partial charge in [0.05, 0.1) is 0 Å². The number of amides is 4. The Morgan fingerprint density at radius 2 is 1.33 bits per heavy atom. The van der Waals surface area contributed by atoms with Crippen molar-refractivity contribution < 1.29 is 38.6 Å². The Morgan fingerprint density at radius 1 is 0.767 bits per heavy atom. The summed E-state index contributed by atoms with van der Waals surface area (Å²) in [6.07, 6.45) is 0.287. The molecular formula is C31H50N4O8. The van der Waals surface area contributed by atoms with E-state index >= 15 is 0 Å². The maximum Gasteiger partial charge on any atom is 0.408 e. The molecule has 0 bridgehead atoms. The van der Waals surface area contributed by atoms with Crippen molar-refractivity contribution in [3.05, 3.63) is 35.9 Å². The van der Waals surface area contributed by atoms with Crippen LogP contribution in [-0.4, -0.2) is 65.3 Å². The molecule has 1 rings (SSSR count). The molecule has 0 spiro atoms. The minimum atomic E-state index is -1.15. The second kappa shape index (κ2) is 18.7. The Balaban J connectivity index is 2.82. The molecule has 242 valence electrons. The standard InChI is InChI=1S/C31H50N4O8/c1-20(2)17-24(27(37)34-25(28(38)39)18-21(3)4)33-26(36)23(35-30(41)43-31(5,6)7)15-11-12-16-32-29(40)42-19-22-13-9-8-10-14-22/h8-10,13-14,20-21,23-25H,11-12,15-19H2,1-7H3,(H,32,40)(H,33,36)(H,34,37)(H,35,41)(H,38,39)/t23-,24-,25-/m0/s1. The second-order valence-corrected chi connectivity index (χ2v) is 12.4. The van der Waals surface area contributed by atoms with Crippen molar-refractivity contribution in [2.24, 2.45) is 11.8 Å². The van der Waals surface area contributed by atoms with Crippen molar-refractivity contribution in [1.29, 1.82) is 0 Å². The number of rotatable bonds is 17. The third-order valence-corrected chi connectivity index (χ3v) is 6.07. The molecule has 0 aliphatic rings. The number of alkyl carbamates (subject to hydrolysis) is 2. The molecule has 5 N–H and O–H groups in total. The van der Waals surface area contributed by atoms with Gasteiger partial charge in [0.15, 0.2) is 0 Å². The number of hydrogen-bond acceptors (Lipinski definition) is 7. The molecule has 0 aliphatic carbocycles. The first-order chi connectivity index (χ1) is 20.1. The maximum absolute atomic E-state index is 13.4. The number of aliphatic carboxylic acids is 1. The summed E-state index contributed by atoms with van der Waals surface area (Å²) in [4.78, 5) is 62.7. The average molecular weight is 607 g/mol. The lowest BCUT2D eigenvalue weighted by atomic mass is 10.00. The molecule has 43 heavy (non-hydrogen) atoms. The van der Waals surface area contributed by atoms with Crippen molar-refractivity contribution in [1.82, 2.24) is 21.3 Å². The molecule has 0 radical (unpaired) electrons. The normalized spacial score (nSPS) is 13.4. The van der Waals surface area contributed by atoms with E-state index in [1.54, 1.807) is 20.8 Å². The first-order valence-electron chi connectivity index (χ1n) is 14.8. The van der Waals surface area contributed by atoms with Gasteiger partial charge in [-0.25, -0.2) is 14.4 Å². The van der Waals surface area contributed by atoms with E-state index in [9.17, 15) is 29.1 Å². The van der Waals surface area contributed by atoms with Crippen molar-refractivity contribution in [2.45, 2.75) is 111 Å². The molecule has 1 aromatic rings. The van der Waals surface area contributed by atoms with Gasteiger partial charge in [-0.2, -0.15) is 0 Å². The minimum Gasteiger partial charge on any atom is -0.480 e. The van der Waals surface area contributed by atoms with Crippen LogP contribution in [0.25, 0.3) is 0 Å². The zero-order valence-electron chi connectivity index (χ0n) is 26.5. The van der Waals surface area contributed by atoms with Gasteiger partial charge in [-0.1, -0.05) is 58.0 Å². The number of carboxylic acid groups (broad SMARTS) is 1. The summed E-state index contributed by atoms with van der Waals surface area (Å²) < 4.78 is 10.5. The first kappa shape index (κ1) is 37.2. The Bertz CT molecular complexity index is 1040. The zero-order valence-corrected chi connectivity index (χ0v) is 26.5. The van der Waals surface area contributed by atoms with Crippen LogP contribution in [0.3, 0.4) is 0 Å². The molecule has 0 unspecified atom stereocenters. The lowest BCUT2D eigenvalue weighted by Gasteiger charge is -2.27. The van der Waals surface area contributed by atoms with Gasteiger partial charge in [0.2, 0.25) is 11.8 Å². The van der Waals surface area contributed by atoms with E-state index in [2.05, 4.69) is 21.3 Å². The molecule has 3 atom stereocenters. The summed E-state index contributed by atoms with van der Waals surface area (Å²) in [7, 11) is 0. The summed E-state index contributed by atoms with van der Waals surface area (Å²) in [6.45, 7) is 13.0. The van der Waals surface area contributed by atoms with Crippen molar-refractivity contribution in [3.8, 4) is 0 Å². The van der Waals surface area contributed by atoms with E-state index in [1.807, 2.05) is 58.0 Å². The predicted octanol–water partition coefficient (Wildman–Crippen LogP) is 4.12. The van der Waals surface area contributed by atoms with Gasteiger partial charge in [-0.15, -0.1) is 0 Å². The highest BCUT2D eigenvalue weighted by Gasteiger charge is 2.31. The summed E-state index contributed by atoms with van der Waals surface area (Å²) in [6, 6.07) is 6.14. The van der Waals surface area contributed by atoms with Crippen LogP contribution in [-0.2, 0) is 30.5 Å². The van der Waals surface area contributed by atoms with Gasteiger partial charge in [-0.05, 0) is 70.3 Å². The van der Waals surface area contributed by atoms with Crippen LogP contribution in [0.4, 0.5) is 9.59 Å². The highest BCUT2D eigenvalue weighted by Crippen LogP contribution is 2.12. The molecular weight excluding hydrogens is 556 g/mol. The maximum atomic E-state index is 13.4. The molecule has 4 amide bonds. The van der Waals surface area contributed by atoms with Gasteiger partial charge in [0.25, 0.3) is 0 Å². The van der Waals surface area contributed by atoms with E-state index < -0.39 is 53.7 Å². The Labute approximate surface area is 255 Å². The average Bonchev–Trinajstić information content (AvgIpc) is 2.89. The molecule has 12 heteroatoms. The SMILES string of the molecule is CC(C)C[C@H](NC(=O)[C@H](CC(C)C)NC(=O)[C@H](CCCCNC(=O)OCc1ccccc1)NC(=O)OC(C)(C)C)C(=O)O. The predicted molar refractivity (Wildman–Crippen MR) is 162 cm³/mol. The third-order valence-electron chi connectivity index (χ3n) is 6.07. The Kier molecular flexibility index (Phi) is 16.1. The first-order valence-corrected chi connectivity index (χ1v) is 14.8. The number of ether oxygens (including phenoxy) is 2. The van der Waals surface area contributed by atoms with Crippen LogP contribution in [0.2, 0.25) is 0 Å². The molecule has 0 saturated heterocycles. The number of hydrogen-bond donors (Lipinski definition) is 5. The van der Waals surface area contributed by atoms with Crippen molar-refractivity contribution in [3.63, 3.8) is 0 Å². The van der Waals surface area contributed by atoms with E-state index in [0.717, 1.165) is 5.56 Å². The minimum absolute atomic E-state index is 0.00872. The van der Waals surface area contributed by atoms with E-state index in [4.69, 9.17) is 9.47 Å². The van der Waals surface area contributed by atoms with Gasteiger partial charge in [0, 0.05) is 6.54 Å². The lowest BCUT2D eigenvalue weighted by Crippen LogP contribution is -2.56. The number of carbonyl (C=O) groups excluding carboxylic acids is 4. The smallest absolute Gasteiger partial charge is 0.408 e. The quantitative estimate of drug-likeness (QED) is 0.165. The van der Waals surface area contributed by atoms with Crippen LogP contribution in [0, 0.1) is 11.8 Å². The number of unbranched alkanes of at least 4 members (excludes halogenated alkanes) is 1. The molecule has 12 nitrogen and oxygen atoms in total. The zero-order chi connectivity index (χ0) is 32.6. The largest absolute Gasteiger partial charge is 0.480 e. The second-order valence-electron chi connectivity index (χ2n) is 12.4. The van der Waals surface area contributed by atoms with Crippen molar-refractivity contribution >= 4 is 30.0 Å². The summed E-state index contributed by atoms with van der Waals surface area (Å²) >= 11 is 0. The molecule has 1 aromatic carbocycles. The highest BCUT2D eigenvalue weighted by molar-refractivity contribution is 5.92. The lowest BCUT2D eigenvalue weighted by molar-refractivity contribution is -0.142. The van der Waals surface area contributed by atoms with Crippen molar-refractivity contribution in [2.75, 3.05) is 6.54 Å². The van der Waals surface area contributed by atoms with Crippen LogP contribution in [0.15, 0.2) is 30.3 Å². The van der Waals surface area contributed by atoms with E-state index in [1.165, 1.54) is 0 Å². The van der Waals surface area contributed by atoms with Crippen LogP contribution in [0.5, 0.6) is 0 Å². The Morgan fingerprint density at radius 3 is 1.88 bits per heavy atom. The number of carbonyl (C=O) groups is 5. The Hall–Kier alpha value is -3.83. The van der Waals surface area contributed by atoms with Crippen LogP contribution < -0.4 is 21.3 Å². The monoisotopic (exact) mass is 606 g/mol. The van der Waals surface area contributed by atoms with E-state index in [-0.39, 0.29) is 37.7 Å². The highest BCUT2D eigenvalue weighted by atomic mass is 16.6. The summed E-state index contributed by atoms with van der Waals surface area (Å²) in [5, 5.41) is 20.0. The summed E-state index contributed by atoms with van der Waals surface area (Å²) in [5.74, 6) is -2.32. The number of benzene rings is 1. The van der Waals surface area contributed by atoms with Crippen LogP contribution >= 0.6 is 0 Å². The third kappa shape index (κ3) is 17.0. The fourth-order valence-electron chi connectivity index (χ4n) is 4.10. The molecule has 0 fully saturated rings. The topological polar surface area (TPSA) is 172 Å². The summed E-state index contributed by atoms with van der Waals surface area (Å²) in [5.41, 5.74) is 0.0693. The fourth-order valence-corrected chi connectivity index (χ4v) is 4.10. The van der Waals surface area contributed by atoms with Gasteiger partial charge in [0.1, 0.15) is 30.3 Å². The molecule has 0 heterocycles. The van der Waals surface area contributed by atoms with Gasteiger partial charge in [-0.3, -0.25) is 9.59 Å². The molecule has 0 aliphatic heterocycles. The molecule has 0 saturated carbocycles. The fraction of sp³-hybridized carbons (Fsp3) is 0.645. The van der Waals surface area contributed by atoms with Crippen LogP contribution in [0.1, 0.15) is 86.1 Å². The number of carboxylic acids is 1. The van der Waals surface area contributed by atoms with Gasteiger partial charge >= 0.3 is 18.2 Å². The van der Waals surface area contributed by atoms with Gasteiger partial charge < -0.3 is 35.8 Å². The number of nitrogens with one attached hydrogen (secondary N) is 4.